The molecule has 0 amide bonds. The monoisotopic (exact) mass is 492 g/mol. The molecular formula is C30H44N4O2. The highest BCUT2D eigenvalue weighted by Crippen LogP contribution is 2.25. The highest BCUT2D eigenvalue weighted by atomic mass is 16.5. The first-order valence-corrected chi connectivity index (χ1v) is 13.0. The molecule has 0 aliphatic carbocycles. The number of benzene rings is 1. The maximum atomic E-state index is 6.35. The molecule has 1 aromatic carbocycles. The van der Waals surface area contributed by atoms with Gasteiger partial charge in [0.05, 0.1) is 19.3 Å². The normalized spacial score (nSPS) is 16.9. The molecule has 196 valence electrons. The number of para-hydroxylation sites is 1. The van der Waals surface area contributed by atoms with Crippen LogP contribution in [0.5, 0.6) is 0 Å². The molecule has 1 saturated heterocycles. The minimum absolute atomic E-state index is 0.0442. The molecule has 0 atom stereocenters. The van der Waals surface area contributed by atoms with E-state index < -0.39 is 0 Å². The van der Waals surface area contributed by atoms with E-state index in [1.165, 1.54) is 0 Å². The summed E-state index contributed by atoms with van der Waals surface area (Å²) in [6.07, 6.45) is 15.7. The largest absolute Gasteiger partial charge is 0.489 e. The number of hydrogen-bond donors (Lipinski definition) is 2. The van der Waals surface area contributed by atoms with E-state index in [9.17, 15) is 0 Å². The molecule has 0 saturated carbocycles. The number of allylic oxidation sites excluding steroid dienone is 5. The van der Waals surface area contributed by atoms with Gasteiger partial charge in [-0.15, -0.1) is 0 Å². The second-order valence-electron chi connectivity index (χ2n) is 8.82. The van der Waals surface area contributed by atoms with E-state index in [-0.39, 0.29) is 6.10 Å². The first kappa shape index (κ1) is 29.1. The molecule has 1 aliphatic rings. The summed E-state index contributed by atoms with van der Waals surface area (Å²) in [5.41, 5.74) is 11.0. The Hall–Kier alpha value is -3.09. The van der Waals surface area contributed by atoms with Gasteiger partial charge in [0.1, 0.15) is 11.5 Å². The summed E-state index contributed by atoms with van der Waals surface area (Å²) in [5, 5.41) is 3.29. The van der Waals surface area contributed by atoms with Crippen LogP contribution in [0.1, 0.15) is 53.0 Å². The lowest BCUT2D eigenvalue weighted by Crippen LogP contribution is -2.36. The molecule has 6 nitrogen and oxygen atoms in total. The maximum absolute atomic E-state index is 6.35. The minimum Gasteiger partial charge on any atom is -0.489 e. The van der Waals surface area contributed by atoms with Crippen LogP contribution in [0, 0.1) is 0 Å². The van der Waals surface area contributed by atoms with Crippen LogP contribution in [-0.2, 0) is 9.47 Å². The van der Waals surface area contributed by atoms with Gasteiger partial charge in [-0.3, -0.25) is 9.89 Å². The summed E-state index contributed by atoms with van der Waals surface area (Å²) in [5.74, 6) is 0.771. The lowest BCUT2D eigenvalue weighted by Gasteiger charge is -2.27. The number of nitrogens with zero attached hydrogens (tertiary/aromatic N) is 2. The summed E-state index contributed by atoms with van der Waals surface area (Å²) in [6, 6.07) is 8.02. The topological polar surface area (TPSA) is 72.1 Å². The fourth-order valence-corrected chi connectivity index (χ4v) is 3.77. The summed E-state index contributed by atoms with van der Waals surface area (Å²) >= 11 is 0. The van der Waals surface area contributed by atoms with Crippen molar-refractivity contribution in [1.82, 2.24) is 10.2 Å². The number of nitrogen functional groups attached to an aromatic ring is 1. The Morgan fingerprint density at radius 2 is 1.97 bits per heavy atom. The quantitative estimate of drug-likeness (QED) is 0.151. The minimum atomic E-state index is 0.0442. The molecule has 0 unspecified atom stereocenters. The Bertz CT molecular complexity index is 980. The van der Waals surface area contributed by atoms with Gasteiger partial charge in [0.15, 0.2) is 0 Å². The standard InChI is InChI=1S/C30H44N4O2/c1-6-11-30(36-24(4)5)29(23-26(8-3)32-16-7-2)33-17-14-25(27-12-9-10-13-28(27)31)15-18-34-19-21-35-22-20-34/h7-14,16-17,23-24,32H,6,15,18-22,31H2,1-5H3/b16-7-,25-14+,26-8+,29-23-,30-11+,33-17-. The van der Waals surface area contributed by atoms with Crippen molar-refractivity contribution in [3.8, 4) is 0 Å². The third kappa shape index (κ3) is 10.3. The average Bonchev–Trinajstić information content (AvgIpc) is 2.88. The number of rotatable bonds is 13. The third-order valence-electron chi connectivity index (χ3n) is 5.62. The Labute approximate surface area is 218 Å². The van der Waals surface area contributed by atoms with Gasteiger partial charge >= 0.3 is 0 Å². The van der Waals surface area contributed by atoms with Crippen LogP contribution in [-0.4, -0.2) is 50.1 Å². The molecule has 1 aromatic rings. The summed E-state index contributed by atoms with van der Waals surface area (Å²) in [7, 11) is 0. The molecule has 0 spiro atoms. The number of nitrogens with one attached hydrogen (secondary N) is 1. The molecular weight excluding hydrogens is 448 g/mol. The van der Waals surface area contributed by atoms with Crippen LogP contribution in [0.3, 0.4) is 0 Å². The van der Waals surface area contributed by atoms with E-state index in [0.29, 0.717) is 0 Å². The van der Waals surface area contributed by atoms with Gasteiger partial charge in [0.25, 0.3) is 0 Å². The zero-order valence-corrected chi connectivity index (χ0v) is 22.7. The molecule has 0 bridgehead atoms. The Kier molecular flexibility index (Phi) is 13.4. The summed E-state index contributed by atoms with van der Waals surface area (Å²) in [4.78, 5) is 7.30. The smallest absolute Gasteiger partial charge is 0.141 e. The number of aliphatic imine (C=N–C) groups is 1. The van der Waals surface area contributed by atoms with E-state index in [4.69, 9.17) is 20.2 Å². The van der Waals surface area contributed by atoms with E-state index in [1.54, 1.807) is 0 Å². The molecule has 0 radical (unpaired) electrons. The Morgan fingerprint density at radius 3 is 2.61 bits per heavy atom. The number of ether oxygens (including phenoxy) is 2. The molecule has 1 fully saturated rings. The van der Waals surface area contributed by atoms with Gasteiger partial charge in [-0.2, -0.15) is 0 Å². The number of anilines is 1. The number of hydrogen-bond acceptors (Lipinski definition) is 6. The van der Waals surface area contributed by atoms with Crippen LogP contribution >= 0.6 is 0 Å². The average molecular weight is 493 g/mol. The van der Waals surface area contributed by atoms with E-state index in [2.05, 4.69) is 35.4 Å². The lowest BCUT2D eigenvalue weighted by molar-refractivity contribution is 0.0390. The van der Waals surface area contributed by atoms with Gasteiger partial charge < -0.3 is 20.5 Å². The molecule has 1 heterocycles. The van der Waals surface area contributed by atoms with Gasteiger partial charge in [0, 0.05) is 42.8 Å². The second kappa shape index (κ2) is 16.6. The Balaban J connectivity index is 2.41. The van der Waals surface area contributed by atoms with Gasteiger partial charge in [0.2, 0.25) is 0 Å². The van der Waals surface area contributed by atoms with E-state index >= 15 is 0 Å². The summed E-state index contributed by atoms with van der Waals surface area (Å²) in [6.45, 7) is 14.6. The van der Waals surface area contributed by atoms with Crippen LogP contribution in [0.15, 0.2) is 83.0 Å². The molecule has 0 aromatic heterocycles. The predicted octanol–water partition coefficient (Wildman–Crippen LogP) is 6.08. The van der Waals surface area contributed by atoms with Gasteiger partial charge in [-0.1, -0.05) is 37.3 Å². The van der Waals surface area contributed by atoms with Crippen LogP contribution in [0.25, 0.3) is 5.57 Å². The zero-order chi connectivity index (χ0) is 26.2. The molecule has 1 aliphatic heterocycles. The van der Waals surface area contributed by atoms with Gasteiger partial charge in [-0.05, 0) is 76.6 Å². The summed E-state index contributed by atoms with van der Waals surface area (Å²) < 4.78 is 11.6. The van der Waals surface area contributed by atoms with Crippen molar-refractivity contribution in [2.45, 2.75) is 53.6 Å². The number of nitrogens with two attached hydrogens (primary N) is 1. The fraction of sp³-hybridized carbons (Fsp3) is 0.433. The molecule has 3 N–H and O–H groups in total. The van der Waals surface area contributed by atoms with Crippen molar-refractivity contribution in [2.75, 3.05) is 38.6 Å². The van der Waals surface area contributed by atoms with Crippen LogP contribution < -0.4 is 11.1 Å². The third-order valence-corrected chi connectivity index (χ3v) is 5.62. The molecule has 36 heavy (non-hydrogen) atoms. The maximum Gasteiger partial charge on any atom is 0.141 e. The SMILES string of the molecule is C/C=C\NC(/C=C(\N=C/C=C(\CCN1CCOCC1)c1ccccc1N)C(=C\CC)/OC(C)C)=C/C. The van der Waals surface area contributed by atoms with E-state index in [1.807, 2.05) is 76.5 Å². The highest BCUT2D eigenvalue weighted by Gasteiger charge is 2.13. The highest BCUT2D eigenvalue weighted by molar-refractivity contribution is 5.88. The van der Waals surface area contributed by atoms with Crippen LogP contribution in [0.4, 0.5) is 5.69 Å². The van der Waals surface area contributed by atoms with Crippen LogP contribution in [0.2, 0.25) is 0 Å². The van der Waals surface area contributed by atoms with E-state index in [0.717, 1.165) is 79.7 Å². The van der Waals surface area contributed by atoms with Crippen molar-refractivity contribution in [2.24, 2.45) is 4.99 Å². The number of morpholine rings is 1. The molecule has 2 rings (SSSR count). The Morgan fingerprint density at radius 1 is 1.22 bits per heavy atom. The van der Waals surface area contributed by atoms with Crippen molar-refractivity contribution in [3.63, 3.8) is 0 Å². The van der Waals surface area contributed by atoms with Crippen molar-refractivity contribution >= 4 is 17.5 Å². The van der Waals surface area contributed by atoms with Crippen molar-refractivity contribution < 1.29 is 9.47 Å². The first-order chi connectivity index (χ1) is 17.5. The van der Waals surface area contributed by atoms with Crippen molar-refractivity contribution in [1.29, 1.82) is 0 Å². The predicted molar refractivity (Wildman–Crippen MR) is 154 cm³/mol. The molecule has 6 heteroatoms. The first-order valence-electron chi connectivity index (χ1n) is 13.0. The fourth-order valence-electron chi connectivity index (χ4n) is 3.77. The van der Waals surface area contributed by atoms with Gasteiger partial charge in [-0.25, -0.2) is 0 Å². The zero-order valence-electron chi connectivity index (χ0n) is 22.7. The second-order valence-corrected chi connectivity index (χ2v) is 8.82. The van der Waals surface area contributed by atoms with Crippen molar-refractivity contribution in [3.05, 3.63) is 83.6 Å². The lowest BCUT2D eigenvalue weighted by atomic mass is 10.0.